The van der Waals surface area contributed by atoms with E-state index in [1.54, 1.807) is 23.2 Å². The molecule has 4 rings (SSSR count). The number of carbonyl (C=O) groups excluding carboxylic acids is 3. The molecule has 2 fully saturated rings. The van der Waals surface area contributed by atoms with Crippen LogP contribution in [0.15, 0.2) is 12.4 Å². The lowest BCUT2D eigenvalue weighted by molar-refractivity contribution is -0.174. The van der Waals surface area contributed by atoms with Crippen LogP contribution < -0.4 is 10.6 Å². The Labute approximate surface area is 236 Å². The maximum Gasteiger partial charge on any atom is 0.471 e. The zero-order valence-electron chi connectivity index (χ0n) is 23.4. The molecule has 2 saturated heterocycles. The summed E-state index contributed by atoms with van der Waals surface area (Å²) in [6.07, 6.45) is 6.60. The molecule has 0 aliphatic carbocycles. The molecule has 0 radical (unpaired) electrons. The lowest BCUT2D eigenvalue weighted by Crippen LogP contribution is -2.44. The van der Waals surface area contributed by atoms with Gasteiger partial charge in [0.05, 0.1) is 24.3 Å². The number of fused-ring (bicyclic) bond motifs is 1. The second-order valence-electron chi connectivity index (χ2n) is 10.2. The van der Waals surface area contributed by atoms with Crippen LogP contribution in [-0.4, -0.2) is 76.9 Å². The Bertz CT molecular complexity index is 1300. The van der Waals surface area contributed by atoms with E-state index in [-0.39, 0.29) is 11.3 Å². The summed E-state index contributed by atoms with van der Waals surface area (Å²) in [6, 6.07) is 1.19. The highest BCUT2D eigenvalue weighted by Gasteiger charge is 2.41. The first-order valence-corrected chi connectivity index (χ1v) is 12.8. The van der Waals surface area contributed by atoms with Gasteiger partial charge in [-0.2, -0.15) is 23.5 Å². The van der Waals surface area contributed by atoms with Crippen molar-refractivity contribution in [3.8, 4) is 18.4 Å². The van der Waals surface area contributed by atoms with Crippen LogP contribution in [0, 0.1) is 35.0 Å². The topological polar surface area (TPSA) is 142 Å². The molecule has 2 atom stereocenters. The van der Waals surface area contributed by atoms with E-state index < -0.39 is 30.6 Å². The van der Waals surface area contributed by atoms with Crippen LogP contribution in [-0.2, 0) is 26.2 Å². The van der Waals surface area contributed by atoms with E-state index in [0.29, 0.717) is 41.7 Å². The highest BCUT2D eigenvalue weighted by molar-refractivity contribution is 5.88. The van der Waals surface area contributed by atoms with E-state index in [9.17, 15) is 27.6 Å². The number of likely N-dealkylation sites (tertiary alicyclic amines) is 1. The Morgan fingerprint density at radius 1 is 1.32 bits per heavy atom. The number of ether oxygens (including phenoxy) is 1. The summed E-state index contributed by atoms with van der Waals surface area (Å²) in [5, 5.41) is 17.9. The SMILES string of the molecule is C#Cc1nn(C)c2cncc(C(C#N)NC=O)c12.C1CCOC1.C[C@H]1CN(C(=O)CNC(=O)C(F)(F)F)CC1(C)C. The third-order valence-electron chi connectivity index (χ3n) is 6.87. The van der Waals surface area contributed by atoms with Gasteiger partial charge in [0, 0.05) is 50.5 Å². The minimum Gasteiger partial charge on any atom is -0.381 e. The van der Waals surface area contributed by atoms with Crippen LogP contribution in [0.5, 0.6) is 0 Å². The predicted octanol–water partition coefficient (Wildman–Crippen LogP) is 2.23. The summed E-state index contributed by atoms with van der Waals surface area (Å²) in [5.74, 6) is 0.182. The van der Waals surface area contributed by atoms with E-state index in [0.717, 1.165) is 13.2 Å². The molecule has 0 bridgehead atoms. The van der Waals surface area contributed by atoms with Gasteiger partial charge in [-0.3, -0.25) is 24.0 Å². The quantitative estimate of drug-likeness (QED) is 0.410. The van der Waals surface area contributed by atoms with Crippen molar-refractivity contribution >= 4 is 29.1 Å². The molecule has 1 unspecified atom stereocenters. The van der Waals surface area contributed by atoms with Crippen LogP contribution >= 0.6 is 0 Å². The molecule has 2 aliphatic heterocycles. The number of nitriles is 1. The third kappa shape index (κ3) is 8.91. The van der Waals surface area contributed by atoms with Crippen molar-refractivity contribution in [2.45, 2.75) is 45.8 Å². The summed E-state index contributed by atoms with van der Waals surface area (Å²) in [7, 11) is 1.74. The monoisotopic (exact) mass is 577 g/mol. The fraction of sp³-hybridized carbons (Fsp3) is 0.556. The van der Waals surface area contributed by atoms with Crippen molar-refractivity contribution in [3.63, 3.8) is 0 Å². The smallest absolute Gasteiger partial charge is 0.381 e. The van der Waals surface area contributed by atoms with Gasteiger partial charge in [-0.05, 0) is 30.1 Å². The van der Waals surface area contributed by atoms with E-state index in [2.05, 4.69) is 21.3 Å². The predicted molar refractivity (Wildman–Crippen MR) is 143 cm³/mol. The summed E-state index contributed by atoms with van der Waals surface area (Å²) in [4.78, 5) is 38.2. The minimum absolute atomic E-state index is 0.0519. The maximum atomic E-state index is 11.9. The highest BCUT2D eigenvalue weighted by Crippen LogP contribution is 2.34. The Hall–Kier alpha value is -4.17. The molecule has 3 amide bonds. The molecule has 222 valence electrons. The van der Waals surface area contributed by atoms with Crippen LogP contribution in [0.3, 0.4) is 0 Å². The lowest BCUT2D eigenvalue weighted by Gasteiger charge is -2.22. The van der Waals surface area contributed by atoms with Crippen LogP contribution in [0.1, 0.15) is 50.9 Å². The van der Waals surface area contributed by atoms with Crippen molar-refractivity contribution in [3.05, 3.63) is 23.7 Å². The second-order valence-corrected chi connectivity index (χ2v) is 10.2. The van der Waals surface area contributed by atoms with Crippen molar-refractivity contribution < 1.29 is 32.3 Å². The van der Waals surface area contributed by atoms with Crippen molar-refractivity contribution in [2.75, 3.05) is 32.8 Å². The van der Waals surface area contributed by atoms with Crippen LogP contribution in [0.2, 0.25) is 0 Å². The van der Waals surface area contributed by atoms with Gasteiger partial charge in [0.2, 0.25) is 12.3 Å². The molecule has 4 heterocycles. The molecule has 0 spiro atoms. The number of aromatic nitrogens is 3. The maximum absolute atomic E-state index is 11.9. The van der Waals surface area contributed by atoms with Gasteiger partial charge in [0.15, 0.2) is 0 Å². The summed E-state index contributed by atoms with van der Waals surface area (Å²) >= 11 is 0. The Kier molecular flexibility index (Phi) is 11.7. The zero-order chi connectivity index (χ0) is 30.8. The number of hydrogen-bond donors (Lipinski definition) is 2. The number of terminal acetylenes is 1. The Morgan fingerprint density at radius 2 is 1.98 bits per heavy atom. The van der Waals surface area contributed by atoms with Gasteiger partial charge >= 0.3 is 12.1 Å². The largest absolute Gasteiger partial charge is 0.471 e. The number of amides is 3. The van der Waals surface area contributed by atoms with Crippen LogP contribution in [0.4, 0.5) is 13.2 Å². The number of carbonyl (C=O) groups is 3. The Morgan fingerprint density at radius 3 is 2.44 bits per heavy atom. The van der Waals surface area contributed by atoms with Crippen LogP contribution in [0.25, 0.3) is 10.9 Å². The molecule has 2 aromatic heterocycles. The minimum atomic E-state index is -4.95. The third-order valence-corrected chi connectivity index (χ3v) is 6.87. The molecule has 0 aromatic carbocycles. The molecule has 2 aromatic rings. The van der Waals surface area contributed by atoms with E-state index in [1.807, 2.05) is 26.8 Å². The number of hydrogen-bond acceptors (Lipinski definition) is 7. The summed E-state index contributed by atoms with van der Waals surface area (Å²) in [5.41, 5.74) is 1.64. The standard InChI is InChI=1S/C12H9N5O.C11H17F3N2O2.C4H8O/c1-3-9-12-8(10(4-13)15-7-18)5-14-6-11(12)17(2)16-9;1-7-5-16(6-10(7,2)3)8(17)4-15-9(18)11(12,13)14;1-2-4-5-3-1/h1,5-7,10H,2H3,(H,15,18);7H,4-6H2,1-3H3,(H,15,18);1-4H2/t;7-;/m.0./s1. The van der Waals surface area contributed by atoms with Gasteiger partial charge in [-0.15, -0.1) is 6.42 Å². The normalized spacial score (nSPS) is 18.1. The first kappa shape index (κ1) is 33.0. The molecule has 2 aliphatic rings. The van der Waals surface area contributed by atoms with Gasteiger partial charge in [0.1, 0.15) is 11.7 Å². The van der Waals surface area contributed by atoms with E-state index in [1.165, 1.54) is 23.9 Å². The Balaban J connectivity index is 0.000000245. The molecule has 0 saturated carbocycles. The highest BCUT2D eigenvalue weighted by atomic mass is 19.4. The number of nitrogens with zero attached hydrogens (tertiary/aromatic N) is 5. The number of alkyl halides is 3. The molecule has 2 N–H and O–H groups in total. The van der Waals surface area contributed by atoms with Gasteiger partial charge in [0.25, 0.3) is 0 Å². The molecule has 14 heteroatoms. The van der Waals surface area contributed by atoms with Gasteiger partial charge in [-0.1, -0.05) is 20.8 Å². The van der Waals surface area contributed by atoms with E-state index >= 15 is 0 Å². The number of halogens is 3. The average molecular weight is 578 g/mol. The summed E-state index contributed by atoms with van der Waals surface area (Å²) in [6.45, 7) is 8.38. The van der Waals surface area contributed by atoms with Crippen molar-refractivity contribution in [1.29, 1.82) is 5.26 Å². The number of nitrogens with one attached hydrogen (secondary N) is 2. The van der Waals surface area contributed by atoms with Gasteiger partial charge in [-0.25, -0.2) is 0 Å². The first-order chi connectivity index (χ1) is 19.3. The average Bonchev–Trinajstić information content (AvgIpc) is 3.67. The summed E-state index contributed by atoms with van der Waals surface area (Å²) < 4.78 is 42.3. The molecule has 41 heavy (non-hydrogen) atoms. The molecule has 11 nitrogen and oxygen atoms in total. The fourth-order valence-corrected chi connectivity index (χ4v) is 4.17. The van der Waals surface area contributed by atoms with Gasteiger partial charge < -0.3 is 20.3 Å². The number of aryl methyl sites for hydroxylation is 1. The first-order valence-electron chi connectivity index (χ1n) is 12.8. The number of pyridine rings is 1. The molecular weight excluding hydrogens is 543 g/mol. The molecular formula is C27H34F3N7O4. The second kappa shape index (κ2) is 14.5. The fourth-order valence-electron chi connectivity index (χ4n) is 4.17. The zero-order valence-corrected chi connectivity index (χ0v) is 23.4. The van der Waals surface area contributed by atoms with Crippen molar-refractivity contribution in [1.82, 2.24) is 30.3 Å². The lowest BCUT2D eigenvalue weighted by atomic mass is 9.84. The number of rotatable bonds is 5. The van der Waals surface area contributed by atoms with Crippen molar-refractivity contribution in [2.24, 2.45) is 18.4 Å². The van der Waals surface area contributed by atoms with E-state index in [4.69, 9.17) is 16.4 Å².